The maximum absolute atomic E-state index is 11.9. The summed E-state index contributed by atoms with van der Waals surface area (Å²) in [6.45, 7) is 2.50. The van der Waals surface area contributed by atoms with E-state index in [0.29, 0.717) is 18.7 Å². The Hall–Kier alpha value is -1.000. The van der Waals surface area contributed by atoms with Crippen LogP contribution in [-0.2, 0) is 11.3 Å². The van der Waals surface area contributed by atoms with Crippen LogP contribution in [-0.4, -0.2) is 28.1 Å². The molecule has 2 rings (SSSR count). The van der Waals surface area contributed by atoms with Gasteiger partial charge in [-0.05, 0) is 30.2 Å². The molecule has 1 heterocycles. The van der Waals surface area contributed by atoms with Crippen molar-refractivity contribution >= 4 is 17.7 Å². The summed E-state index contributed by atoms with van der Waals surface area (Å²) in [6.07, 6.45) is 0.553. The van der Waals surface area contributed by atoms with Gasteiger partial charge in [0.15, 0.2) is 5.60 Å². The molecule has 17 heavy (non-hydrogen) atoms. The zero-order valence-corrected chi connectivity index (χ0v) is 10.7. The Morgan fingerprint density at radius 1 is 1.53 bits per heavy atom. The summed E-state index contributed by atoms with van der Waals surface area (Å²) in [5, 5.41) is 12.9. The lowest BCUT2D eigenvalue weighted by Gasteiger charge is -2.20. The van der Waals surface area contributed by atoms with Crippen LogP contribution in [0.15, 0.2) is 24.3 Å². The van der Waals surface area contributed by atoms with Crippen LogP contribution in [0.25, 0.3) is 0 Å². The summed E-state index contributed by atoms with van der Waals surface area (Å²) in [6, 6.07) is 7.93. The highest BCUT2D eigenvalue weighted by molar-refractivity contribution is 7.99. The van der Waals surface area contributed by atoms with Crippen LogP contribution in [0.2, 0.25) is 0 Å². The summed E-state index contributed by atoms with van der Waals surface area (Å²) in [5.74, 6) is 1.12. The van der Waals surface area contributed by atoms with Gasteiger partial charge in [0.2, 0.25) is 0 Å². The van der Waals surface area contributed by atoms with Crippen LogP contribution in [0.5, 0.6) is 0 Å². The van der Waals surface area contributed by atoms with E-state index in [0.717, 1.165) is 16.9 Å². The van der Waals surface area contributed by atoms with Crippen molar-refractivity contribution in [1.29, 1.82) is 0 Å². The standard InChI is InChI=1S/C13H17NO2S/c1-10-4-2-3-5-11(10)8-14-12(15)13(16)6-7-17-9-13/h2-5,16H,6-9H2,1H3,(H,14,15). The highest BCUT2D eigenvalue weighted by Crippen LogP contribution is 2.27. The number of amides is 1. The van der Waals surface area contributed by atoms with Crippen molar-refractivity contribution in [3.63, 3.8) is 0 Å². The fourth-order valence-corrected chi connectivity index (χ4v) is 3.12. The molecule has 92 valence electrons. The van der Waals surface area contributed by atoms with Crippen molar-refractivity contribution in [1.82, 2.24) is 5.32 Å². The van der Waals surface area contributed by atoms with Crippen molar-refractivity contribution in [3.8, 4) is 0 Å². The fourth-order valence-electron chi connectivity index (χ4n) is 1.88. The third kappa shape index (κ3) is 2.82. The topological polar surface area (TPSA) is 49.3 Å². The Morgan fingerprint density at radius 2 is 2.29 bits per heavy atom. The van der Waals surface area contributed by atoms with Gasteiger partial charge >= 0.3 is 0 Å². The van der Waals surface area contributed by atoms with E-state index < -0.39 is 5.60 Å². The highest BCUT2D eigenvalue weighted by Gasteiger charge is 2.39. The number of carbonyl (C=O) groups is 1. The second-order valence-electron chi connectivity index (χ2n) is 4.44. The molecule has 0 bridgehead atoms. The first-order chi connectivity index (χ1) is 8.12. The van der Waals surface area contributed by atoms with Crippen molar-refractivity contribution in [3.05, 3.63) is 35.4 Å². The number of aliphatic hydroxyl groups is 1. The van der Waals surface area contributed by atoms with E-state index in [1.54, 1.807) is 11.8 Å². The molecular weight excluding hydrogens is 234 g/mol. The predicted octanol–water partition coefficient (Wildman–Crippen LogP) is 1.48. The molecule has 1 aliphatic heterocycles. The largest absolute Gasteiger partial charge is 0.379 e. The average molecular weight is 251 g/mol. The van der Waals surface area contributed by atoms with E-state index in [1.807, 2.05) is 31.2 Å². The molecule has 1 aromatic rings. The first kappa shape index (κ1) is 12.5. The molecule has 0 saturated carbocycles. The van der Waals surface area contributed by atoms with Gasteiger partial charge in [0.1, 0.15) is 0 Å². The van der Waals surface area contributed by atoms with E-state index in [4.69, 9.17) is 0 Å². The van der Waals surface area contributed by atoms with E-state index in [9.17, 15) is 9.90 Å². The van der Waals surface area contributed by atoms with Crippen LogP contribution in [0.4, 0.5) is 0 Å². The van der Waals surface area contributed by atoms with E-state index in [2.05, 4.69) is 5.32 Å². The molecule has 1 aliphatic rings. The quantitative estimate of drug-likeness (QED) is 0.855. The first-order valence-electron chi connectivity index (χ1n) is 5.75. The highest BCUT2D eigenvalue weighted by atomic mass is 32.2. The number of hydrogen-bond acceptors (Lipinski definition) is 3. The Bertz CT molecular complexity index is 414. The fraction of sp³-hybridized carbons (Fsp3) is 0.462. The lowest BCUT2D eigenvalue weighted by Crippen LogP contribution is -2.46. The number of thioether (sulfide) groups is 1. The van der Waals surface area contributed by atoms with E-state index >= 15 is 0 Å². The molecule has 0 spiro atoms. The van der Waals surface area contributed by atoms with Gasteiger partial charge < -0.3 is 10.4 Å². The normalized spacial score (nSPS) is 23.6. The molecule has 1 amide bonds. The average Bonchev–Trinajstić information content (AvgIpc) is 2.76. The second-order valence-corrected chi connectivity index (χ2v) is 5.55. The van der Waals surface area contributed by atoms with Gasteiger partial charge in [0.25, 0.3) is 5.91 Å². The molecule has 0 radical (unpaired) electrons. The summed E-state index contributed by atoms with van der Waals surface area (Å²) in [4.78, 5) is 11.9. The number of hydrogen-bond donors (Lipinski definition) is 2. The molecule has 1 atom stereocenters. The number of rotatable bonds is 3. The van der Waals surface area contributed by atoms with Crippen LogP contribution < -0.4 is 5.32 Å². The van der Waals surface area contributed by atoms with Crippen LogP contribution >= 0.6 is 11.8 Å². The summed E-state index contributed by atoms with van der Waals surface area (Å²) in [5.41, 5.74) is 1.09. The van der Waals surface area contributed by atoms with E-state index in [-0.39, 0.29) is 5.91 Å². The monoisotopic (exact) mass is 251 g/mol. The minimum absolute atomic E-state index is 0.245. The molecule has 3 nitrogen and oxygen atoms in total. The zero-order valence-electron chi connectivity index (χ0n) is 9.90. The molecule has 0 aromatic heterocycles. The minimum Gasteiger partial charge on any atom is -0.379 e. The Morgan fingerprint density at radius 3 is 2.94 bits per heavy atom. The lowest BCUT2D eigenvalue weighted by molar-refractivity contribution is -0.137. The molecule has 4 heteroatoms. The van der Waals surface area contributed by atoms with Crippen LogP contribution in [0.3, 0.4) is 0 Å². The lowest BCUT2D eigenvalue weighted by atomic mass is 10.0. The van der Waals surface area contributed by atoms with Gasteiger partial charge in [-0.25, -0.2) is 0 Å². The summed E-state index contributed by atoms with van der Waals surface area (Å²) in [7, 11) is 0. The summed E-state index contributed by atoms with van der Waals surface area (Å²) >= 11 is 1.62. The smallest absolute Gasteiger partial charge is 0.253 e. The summed E-state index contributed by atoms with van der Waals surface area (Å²) < 4.78 is 0. The number of benzene rings is 1. The number of aryl methyl sites for hydroxylation is 1. The molecule has 0 aliphatic carbocycles. The maximum atomic E-state index is 11.9. The van der Waals surface area contributed by atoms with Crippen molar-refractivity contribution < 1.29 is 9.90 Å². The van der Waals surface area contributed by atoms with E-state index in [1.165, 1.54) is 0 Å². The van der Waals surface area contributed by atoms with Gasteiger partial charge in [-0.15, -0.1) is 0 Å². The Balaban J connectivity index is 1.94. The van der Waals surface area contributed by atoms with Crippen molar-refractivity contribution in [2.24, 2.45) is 0 Å². The Kier molecular flexibility index (Phi) is 3.74. The minimum atomic E-state index is -1.16. The first-order valence-corrected chi connectivity index (χ1v) is 6.90. The Labute approximate surface area is 106 Å². The SMILES string of the molecule is Cc1ccccc1CNC(=O)C1(O)CCSC1. The molecule has 1 fully saturated rings. The molecule has 1 aromatic carbocycles. The third-order valence-corrected chi connectivity index (χ3v) is 4.30. The van der Waals surface area contributed by atoms with Gasteiger partial charge in [-0.3, -0.25) is 4.79 Å². The second kappa shape index (κ2) is 5.10. The number of nitrogens with one attached hydrogen (secondary N) is 1. The zero-order chi connectivity index (χ0) is 12.3. The van der Waals surface area contributed by atoms with Crippen molar-refractivity contribution in [2.45, 2.75) is 25.5 Å². The van der Waals surface area contributed by atoms with Crippen LogP contribution in [0.1, 0.15) is 17.5 Å². The predicted molar refractivity (Wildman–Crippen MR) is 69.9 cm³/mol. The van der Waals surface area contributed by atoms with Gasteiger partial charge in [-0.2, -0.15) is 11.8 Å². The molecule has 1 unspecified atom stereocenters. The molecule has 2 N–H and O–H groups in total. The van der Waals surface area contributed by atoms with Gasteiger partial charge in [-0.1, -0.05) is 24.3 Å². The van der Waals surface area contributed by atoms with Gasteiger partial charge in [0.05, 0.1) is 0 Å². The van der Waals surface area contributed by atoms with Crippen LogP contribution in [0, 0.1) is 6.92 Å². The third-order valence-electron chi connectivity index (χ3n) is 3.12. The van der Waals surface area contributed by atoms with Gasteiger partial charge in [0, 0.05) is 12.3 Å². The number of carbonyl (C=O) groups excluding carboxylic acids is 1. The molecule has 1 saturated heterocycles. The molecular formula is C13H17NO2S. The van der Waals surface area contributed by atoms with Crippen molar-refractivity contribution in [2.75, 3.05) is 11.5 Å². The maximum Gasteiger partial charge on any atom is 0.253 e.